The third-order valence-corrected chi connectivity index (χ3v) is 4.83. The van der Waals surface area contributed by atoms with Crippen LogP contribution in [-0.4, -0.2) is 27.3 Å². The Bertz CT molecular complexity index is 1110. The Labute approximate surface area is 167 Å². The summed E-state index contributed by atoms with van der Waals surface area (Å²) in [7, 11) is 1.89. The van der Waals surface area contributed by atoms with Gasteiger partial charge in [0.1, 0.15) is 0 Å². The number of urea groups is 1. The number of nitrogens with one attached hydrogen (secondary N) is 3. The van der Waals surface area contributed by atoms with E-state index in [-0.39, 0.29) is 6.03 Å². The summed E-state index contributed by atoms with van der Waals surface area (Å²) in [6, 6.07) is 13.5. The van der Waals surface area contributed by atoms with E-state index in [0.29, 0.717) is 11.6 Å². The number of benzene rings is 2. The normalized spacial score (nSPS) is 10.9. The maximum absolute atomic E-state index is 12.3. The molecule has 4 aromatic rings. The van der Waals surface area contributed by atoms with Gasteiger partial charge in [-0.2, -0.15) is 5.10 Å². The van der Waals surface area contributed by atoms with E-state index in [1.54, 1.807) is 10.9 Å². The SMILES string of the molecule is Cn1cc(-c2ccc3[nH]cc(NC(=O)NCCc4ccc(Cl)cc4)c3c2)cn1. The number of aromatic amines is 1. The van der Waals surface area contributed by atoms with Crippen LogP contribution in [0, 0.1) is 0 Å². The number of nitrogens with zero attached hydrogens (tertiary/aromatic N) is 2. The Morgan fingerprint density at radius 3 is 2.75 bits per heavy atom. The molecule has 0 bridgehead atoms. The summed E-state index contributed by atoms with van der Waals surface area (Å²) in [5.41, 5.74) is 4.90. The monoisotopic (exact) mass is 393 g/mol. The zero-order valence-corrected chi connectivity index (χ0v) is 16.1. The lowest BCUT2D eigenvalue weighted by atomic mass is 10.1. The smallest absolute Gasteiger partial charge is 0.319 e. The van der Waals surface area contributed by atoms with Crippen molar-refractivity contribution >= 4 is 34.2 Å². The van der Waals surface area contributed by atoms with Crippen LogP contribution in [0.4, 0.5) is 10.5 Å². The number of aromatic nitrogens is 3. The number of amides is 2. The van der Waals surface area contributed by atoms with E-state index >= 15 is 0 Å². The Morgan fingerprint density at radius 2 is 2.00 bits per heavy atom. The first-order valence-corrected chi connectivity index (χ1v) is 9.36. The van der Waals surface area contributed by atoms with E-state index in [4.69, 9.17) is 11.6 Å². The molecule has 0 aliphatic carbocycles. The van der Waals surface area contributed by atoms with Gasteiger partial charge >= 0.3 is 6.03 Å². The summed E-state index contributed by atoms with van der Waals surface area (Å²) >= 11 is 5.89. The minimum atomic E-state index is -0.235. The number of anilines is 1. The van der Waals surface area contributed by atoms with Crippen LogP contribution >= 0.6 is 11.6 Å². The Balaban J connectivity index is 1.42. The van der Waals surface area contributed by atoms with Crippen molar-refractivity contribution in [1.82, 2.24) is 20.1 Å². The summed E-state index contributed by atoms with van der Waals surface area (Å²) in [6.45, 7) is 0.538. The van der Waals surface area contributed by atoms with Gasteiger partial charge in [-0.3, -0.25) is 4.68 Å². The fourth-order valence-electron chi connectivity index (χ4n) is 3.11. The summed E-state index contributed by atoms with van der Waals surface area (Å²) in [6.07, 6.45) is 6.33. The number of H-pyrrole nitrogens is 1. The van der Waals surface area contributed by atoms with Crippen molar-refractivity contribution in [1.29, 1.82) is 0 Å². The number of aryl methyl sites for hydroxylation is 1. The maximum Gasteiger partial charge on any atom is 0.319 e. The third kappa shape index (κ3) is 4.02. The Kier molecular flexibility index (Phi) is 5.04. The van der Waals surface area contributed by atoms with Crippen LogP contribution in [-0.2, 0) is 13.5 Å². The van der Waals surface area contributed by atoms with Gasteiger partial charge in [-0.05, 0) is 41.8 Å². The lowest BCUT2D eigenvalue weighted by Crippen LogP contribution is -2.30. The number of hydrogen-bond donors (Lipinski definition) is 3. The molecule has 28 heavy (non-hydrogen) atoms. The summed E-state index contributed by atoms with van der Waals surface area (Å²) in [5.74, 6) is 0. The molecule has 0 aliphatic rings. The molecule has 2 aromatic carbocycles. The molecule has 0 saturated heterocycles. The van der Waals surface area contributed by atoms with E-state index in [9.17, 15) is 4.79 Å². The van der Waals surface area contributed by atoms with Crippen molar-refractivity contribution in [3.8, 4) is 11.1 Å². The highest BCUT2D eigenvalue weighted by molar-refractivity contribution is 6.30. The zero-order valence-electron chi connectivity index (χ0n) is 15.4. The average molecular weight is 394 g/mol. The molecule has 0 spiro atoms. The van der Waals surface area contributed by atoms with Gasteiger partial charge in [-0.1, -0.05) is 29.8 Å². The van der Waals surface area contributed by atoms with Crippen LogP contribution < -0.4 is 10.6 Å². The van der Waals surface area contributed by atoms with E-state index < -0.39 is 0 Å². The molecule has 0 aliphatic heterocycles. The number of rotatable bonds is 5. The molecular formula is C21H20ClN5O. The van der Waals surface area contributed by atoms with Gasteiger partial charge in [0.15, 0.2) is 0 Å². The van der Waals surface area contributed by atoms with Gasteiger partial charge in [0, 0.05) is 47.5 Å². The van der Waals surface area contributed by atoms with Gasteiger partial charge in [0.2, 0.25) is 0 Å². The van der Waals surface area contributed by atoms with Crippen molar-refractivity contribution in [3.63, 3.8) is 0 Å². The fraction of sp³-hybridized carbons (Fsp3) is 0.143. The quantitative estimate of drug-likeness (QED) is 0.464. The first-order valence-electron chi connectivity index (χ1n) is 8.98. The number of carbonyl (C=O) groups excluding carboxylic acids is 1. The van der Waals surface area contributed by atoms with Crippen molar-refractivity contribution in [2.24, 2.45) is 7.05 Å². The minimum absolute atomic E-state index is 0.235. The largest absolute Gasteiger partial charge is 0.359 e. The molecule has 4 rings (SSSR count). The Hall–Kier alpha value is -3.25. The third-order valence-electron chi connectivity index (χ3n) is 4.58. The second kappa shape index (κ2) is 7.78. The van der Waals surface area contributed by atoms with Gasteiger partial charge in [-0.25, -0.2) is 4.79 Å². The van der Waals surface area contributed by atoms with Crippen LogP contribution in [0.2, 0.25) is 5.02 Å². The second-order valence-electron chi connectivity index (χ2n) is 6.62. The van der Waals surface area contributed by atoms with E-state index in [1.165, 1.54) is 0 Å². The van der Waals surface area contributed by atoms with Gasteiger partial charge in [0.25, 0.3) is 0 Å². The molecule has 2 aromatic heterocycles. The van der Waals surface area contributed by atoms with Gasteiger partial charge in [-0.15, -0.1) is 0 Å². The number of carbonyl (C=O) groups is 1. The van der Waals surface area contributed by atoms with E-state index in [1.807, 2.05) is 61.9 Å². The lowest BCUT2D eigenvalue weighted by molar-refractivity contribution is 0.252. The van der Waals surface area contributed by atoms with Crippen molar-refractivity contribution < 1.29 is 4.79 Å². The molecule has 3 N–H and O–H groups in total. The summed E-state index contributed by atoms with van der Waals surface area (Å²) < 4.78 is 1.77. The molecule has 2 amide bonds. The molecule has 0 atom stereocenters. The van der Waals surface area contributed by atoms with E-state index in [2.05, 4.69) is 20.7 Å². The average Bonchev–Trinajstić information content (AvgIpc) is 3.29. The van der Waals surface area contributed by atoms with Gasteiger partial charge < -0.3 is 15.6 Å². The first kappa shape index (κ1) is 18.1. The predicted octanol–water partition coefficient (Wildman–Crippen LogP) is 4.59. The molecular weight excluding hydrogens is 374 g/mol. The predicted molar refractivity (Wildman–Crippen MR) is 113 cm³/mol. The molecule has 0 radical (unpaired) electrons. The van der Waals surface area contributed by atoms with E-state index in [0.717, 1.165) is 39.7 Å². The van der Waals surface area contributed by atoms with Crippen molar-refractivity contribution in [2.75, 3.05) is 11.9 Å². The fourth-order valence-corrected chi connectivity index (χ4v) is 3.24. The van der Waals surface area contributed by atoms with Crippen LogP contribution in [0.25, 0.3) is 22.0 Å². The minimum Gasteiger partial charge on any atom is -0.359 e. The van der Waals surface area contributed by atoms with Crippen LogP contribution in [0.5, 0.6) is 0 Å². The topological polar surface area (TPSA) is 74.7 Å². The highest BCUT2D eigenvalue weighted by Crippen LogP contribution is 2.28. The van der Waals surface area contributed by atoms with Crippen LogP contribution in [0.1, 0.15) is 5.56 Å². The van der Waals surface area contributed by atoms with Crippen molar-refractivity contribution in [2.45, 2.75) is 6.42 Å². The molecule has 7 heteroatoms. The first-order chi connectivity index (χ1) is 13.6. The molecule has 6 nitrogen and oxygen atoms in total. The van der Waals surface area contributed by atoms with Crippen LogP contribution in [0.15, 0.2) is 61.1 Å². The van der Waals surface area contributed by atoms with Crippen molar-refractivity contribution in [3.05, 3.63) is 71.6 Å². The Morgan fingerprint density at radius 1 is 1.18 bits per heavy atom. The molecule has 142 valence electrons. The molecule has 0 unspecified atom stereocenters. The standard InChI is InChI=1S/C21H20ClN5O/c1-27-13-16(11-25-27)15-4-7-19-18(10-15)20(12-24-19)26-21(28)23-9-8-14-2-5-17(22)6-3-14/h2-7,10-13,24H,8-9H2,1H3,(H2,23,26,28). The van der Waals surface area contributed by atoms with Crippen LogP contribution in [0.3, 0.4) is 0 Å². The molecule has 2 heterocycles. The lowest BCUT2D eigenvalue weighted by Gasteiger charge is -2.07. The summed E-state index contributed by atoms with van der Waals surface area (Å²) in [5, 5.41) is 11.7. The number of hydrogen-bond acceptors (Lipinski definition) is 2. The number of halogens is 1. The molecule has 0 fully saturated rings. The summed E-state index contributed by atoms with van der Waals surface area (Å²) in [4.78, 5) is 15.5. The highest BCUT2D eigenvalue weighted by Gasteiger charge is 2.09. The number of fused-ring (bicyclic) bond motifs is 1. The second-order valence-corrected chi connectivity index (χ2v) is 7.06. The highest BCUT2D eigenvalue weighted by atomic mass is 35.5. The molecule has 0 saturated carbocycles. The maximum atomic E-state index is 12.3. The van der Waals surface area contributed by atoms with Gasteiger partial charge in [0.05, 0.1) is 11.9 Å². The zero-order chi connectivity index (χ0) is 19.5.